The number of amides is 1. The largest absolute Gasteiger partial charge is 0.465 e. The third kappa shape index (κ3) is 3.15. The van der Waals surface area contributed by atoms with E-state index in [2.05, 4.69) is 5.32 Å². The van der Waals surface area contributed by atoms with Crippen LogP contribution >= 0.6 is 11.3 Å². The Morgan fingerprint density at radius 2 is 1.83 bits per heavy atom. The van der Waals surface area contributed by atoms with Gasteiger partial charge in [0.05, 0.1) is 28.6 Å². The van der Waals surface area contributed by atoms with Crippen molar-refractivity contribution in [3.8, 4) is 5.13 Å². The molecular weight excluding hydrogens is 400 g/mol. The molecule has 1 aliphatic rings. The number of aromatic nitrogens is 3. The van der Waals surface area contributed by atoms with Crippen molar-refractivity contribution in [3.63, 3.8) is 0 Å². The number of carbonyl (C=O) groups excluding carboxylic acids is 2. The molecule has 0 saturated carbocycles. The zero-order chi connectivity index (χ0) is 20.7. The van der Waals surface area contributed by atoms with E-state index < -0.39 is 5.97 Å². The average molecular weight is 418 g/mol. The maximum Gasteiger partial charge on any atom is 0.337 e. The van der Waals surface area contributed by atoms with Gasteiger partial charge in [-0.3, -0.25) is 4.79 Å². The Balaban J connectivity index is 1.49. The summed E-state index contributed by atoms with van der Waals surface area (Å²) in [5, 5.41) is 8.49. The standard InChI is InChI=1S/C22H18N4O3S/c1-29-21(28)14-11-9-13(10-12-14)20(27)24-19-15-5-4-7-16(15)25-26(19)22-23-17-6-2-3-8-18(17)30-22/h2-3,6,8-12H,4-5,7H2,1H3,(H,24,27). The van der Waals surface area contributed by atoms with E-state index in [-0.39, 0.29) is 5.91 Å². The summed E-state index contributed by atoms with van der Waals surface area (Å²) in [6, 6.07) is 14.3. The van der Waals surface area contributed by atoms with Crippen LogP contribution in [0.3, 0.4) is 0 Å². The van der Waals surface area contributed by atoms with Gasteiger partial charge in [-0.05, 0) is 55.7 Å². The first-order chi connectivity index (χ1) is 14.6. The highest BCUT2D eigenvalue weighted by molar-refractivity contribution is 7.20. The third-order valence-corrected chi connectivity index (χ3v) is 6.18. The van der Waals surface area contributed by atoms with Gasteiger partial charge in [0.25, 0.3) is 5.91 Å². The first kappa shape index (κ1) is 18.5. The predicted octanol–water partition coefficient (Wildman–Crippen LogP) is 4.01. The highest BCUT2D eigenvalue weighted by atomic mass is 32.1. The molecule has 0 unspecified atom stereocenters. The van der Waals surface area contributed by atoms with Crippen molar-refractivity contribution in [3.05, 3.63) is 70.9 Å². The van der Waals surface area contributed by atoms with Gasteiger partial charge in [0.15, 0.2) is 0 Å². The molecule has 0 atom stereocenters. The number of rotatable bonds is 4. The molecule has 1 aliphatic carbocycles. The summed E-state index contributed by atoms with van der Waals surface area (Å²) in [6.07, 6.45) is 2.79. The number of carbonyl (C=O) groups is 2. The molecule has 8 heteroatoms. The molecule has 0 radical (unpaired) electrons. The zero-order valence-corrected chi connectivity index (χ0v) is 17.0. The summed E-state index contributed by atoms with van der Waals surface area (Å²) in [5.74, 6) is -0.0272. The van der Waals surface area contributed by atoms with Crippen molar-refractivity contribution in [2.24, 2.45) is 0 Å². The van der Waals surface area contributed by atoms with Crippen molar-refractivity contribution in [2.45, 2.75) is 19.3 Å². The number of anilines is 1. The number of aryl methyl sites for hydroxylation is 1. The Morgan fingerprint density at radius 1 is 1.07 bits per heavy atom. The second-order valence-electron chi connectivity index (χ2n) is 7.03. The fraction of sp³-hybridized carbons (Fsp3) is 0.182. The van der Waals surface area contributed by atoms with E-state index in [9.17, 15) is 9.59 Å². The minimum Gasteiger partial charge on any atom is -0.465 e. The quantitative estimate of drug-likeness (QED) is 0.506. The van der Waals surface area contributed by atoms with E-state index in [1.165, 1.54) is 18.4 Å². The Kier molecular flexibility index (Phi) is 4.55. The lowest BCUT2D eigenvalue weighted by Crippen LogP contribution is -2.16. The summed E-state index contributed by atoms with van der Waals surface area (Å²) in [4.78, 5) is 29.2. The van der Waals surface area contributed by atoms with Gasteiger partial charge in [-0.1, -0.05) is 23.5 Å². The molecule has 7 nitrogen and oxygen atoms in total. The fourth-order valence-electron chi connectivity index (χ4n) is 3.66. The van der Waals surface area contributed by atoms with Gasteiger partial charge in [-0.15, -0.1) is 0 Å². The van der Waals surface area contributed by atoms with Gasteiger partial charge in [-0.25, -0.2) is 9.78 Å². The number of para-hydroxylation sites is 1. The first-order valence-electron chi connectivity index (χ1n) is 9.60. The van der Waals surface area contributed by atoms with Crippen LogP contribution in [-0.2, 0) is 17.6 Å². The molecule has 150 valence electrons. The van der Waals surface area contributed by atoms with Gasteiger partial charge >= 0.3 is 5.97 Å². The lowest BCUT2D eigenvalue weighted by atomic mass is 10.1. The first-order valence-corrected chi connectivity index (χ1v) is 10.4. The Labute approximate surface area is 176 Å². The van der Waals surface area contributed by atoms with E-state index in [4.69, 9.17) is 14.8 Å². The summed E-state index contributed by atoms with van der Waals surface area (Å²) in [6.45, 7) is 0. The fourth-order valence-corrected chi connectivity index (χ4v) is 4.59. The summed E-state index contributed by atoms with van der Waals surface area (Å²) in [5.41, 5.74) is 3.82. The minimum atomic E-state index is -0.436. The number of esters is 1. The van der Waals surface area contributed by atoms with Gasteiger partial charge in [0, 0.05) is 11.1 Å². The second kappa shape index (κ2) is 7.38. The molecule has 30 heavy (non-hydrogen) atoms. The number of hydrogen-bond donors (Lipinski definition) is 1. The van der Waals surface area contributed by atoms with Gasteiger partial charge in [-0.2, -0.15) is 9.78 Å². The number of hydrogen-bond acceptors (Lipinski definition) is 6. The van der Waals surface area contributed by atoms with E-state index in [0.717, 1.165) is 45.9 Å². The second-order valence-corrected chi connectivity index (χ2v) is 8.04. The Hall–Kier alpha value is -3.52. The van der Waals surface area contributed by atoms with E-state index in [1.54, 1.807) is 28.9 Å². The van der Waals surface area contributed by atoms with Crippen molar-refractivity contribution in [1.29, 1.82) is 0 Å². The number of nitrogens with zero attached hydrogens (tertiary/aromatic N) is 3. The number of methoxy groups -OCH3 is 1. The van der Waals surface area contributed by atoms with Crippen LogP contribution in [0, 0.1) is 0 Å². The van der Waals surface area contributed by atoms with Gasteiger partial charge < -0.3 is 10.1 Å². The van der Waals surface area contributed by atoms with Crippen LogP contribution in [0.15, 0.2) is 48.5 Å². The molecule has 0 bridgehead atoms. The topological polar surface area (TPSA) is 86.1 Å². The lowest BCUT2D eigenvalue weighted by Gasteiger charge is -2.09. The third-order valence-electron chi connectivity index (χ3n) is 5.17. The van der Waals surface area contributed by atoms with Crippen molar-refractivity contribution >= 4 is 39.2 Å². The van der Waals surface area contributed by atoms with Crippen LogP contribution < -0.4 is 5.32 Å². The summed E-state index contributed by atoms with van der Waals surface area (Å²) < 4.78 is 7.52. The molecule has 0 saturated heterocycles. The van der Waals surface area contributed by atoms with Crippen LogP contribution in [-0.4, -0.2) is 33.8 Å². The smallest absolute Gasteiger partial charge is 0.337 e. The molecule has 1 amide bonds. The van der Waals surface area contributed by atoms with Crippen LogP contribution in [0.25, 0.3) is 15.3 Å². The molecular formula is C22H18N4O3S. The van der Waals surface area contributed by atoms with Gasteiger partial charge in [0.2, 0.25) is 5.13 Å². The number of nitrogens with one attached hydrogen (secondary N) is 1. The highest BCUT2D eigenvalue weighted by Gasteiger charge is 2.26. The maximum absolute atomic E-state index is 12.9. The zero-order valence-electron chi connectivity index (χ0n) is 16.2. The number of thiazole rings is 1. The normalized spacial score (nSPS) is 12.7. The molecule has 5 rings (SSSR count). The molecule has 0 spiro atoms. The Morgan fingerprint density at radius 3 is 2.60 bits per heavy atom. The highest BCUT2D eigenvalue weighted by Crippen LogP contribution is 2.33. The summed E-state index contributed by atoms with van der Waals surface area (Å²) >= 11 is 1.54. The van der Waals surface area contributed by atoms with Crippen molar-refractivity contribution in [1.82, 2.24) is 14.8 Å². The number of benzene rings is 2. The lowest BCUT2D eigenvalue weighted by molar-refractivity contribution is 0.0600. The molecule has 1 N–H and O–H groups in total. The van der Waals surface area contributed by atoms with E-state index in [1.807, 2.05) is 24.3 Å². The average Bonchev–Trinajstić information content (AvgIpc) is 3.48. The van der Waals surface area contributed by atoms with E-state index in [0.29, 0.717) is 16.9 Å². The monoisotopic (exact) mass is 418 g/mol. The predicted molar refractivity (Wildman–Crippen MR) is 115 cm³/mol. The van der Waals surface area contributed by atoms with Crippen molar-refractivity contribution in [2.75, 3.05) is 12.4 Å². The minimum absolute atomic E-state index is 0.261. The number of ether oxygens (including phenoxy) is 1. The molecule has 0 fully saturated rings. The van der Waals surface area contributed by atoms with E-state index >= 15 is 0 Å². The maximum atomic E-state index is 12.9. The molecule has 2 heterocycles. The van der Waals surface area contributed by atoms with Gasteiger partial charge in [0.1, 0.15) is 5.82 Å². The Bertz CT molecular complexity index is 1240. The van der Waals surface area contributed by atoms with Crippen LogP contribution in [0.4, 0.5) is 5.82 Å². The molecule has 0 aliphatic heterocycles. The number of fused-ring (bicyclic) bond motifs is 2. The molecule has 2 aromatic carbocycles. The molecule has 2 aromatic heterocycles. The summed E-state index contributed by atoms with van der Waals surface area (Å²) in [7, 11) is 1.33. The van der Waals surface area contributed by atoms with Crippen LogP contribution in [0.1, 0.15) is 38.4 Å². The molecule has 4 aromatic rings. The van der Waals surface area contributed by atoms with Crippen LogP contribution in [0.5, 0.6) is 0 Å². The SMILES string of the molecule is COC(=O)c1ccc(C(=O)Nc2c3c(nn2-c2nc4ccccc4s2)CCC3)cc1. The van der Waals surface area contributed by atoms with Crippen molar-refractivity contribution < 1.29 is 14.3 Å². The van der Waals surface area contributed by atoms with Crippen LogP contribution in [0.2, 0.25) is 0 Å².